The molecule has 1 N–H and O–H groups in total. The second-order valence-electron chi connectivity index (χ2n) is 4.49. The van der Waals surface area contributed by atoms with Gasteiger partial charge in [0.15, 0.2) is 5.11 Å². The summed E-state index contributed by atoms with van der Waals surface area (Å²) >= 11 is 11.3. The summed E-state index contributed by atoms with van der Waals surface area (Å²) in [5.41, 5.74) is 1.78. The molecular weight excluding hydrogens is 282 g/mol. The first-order valence-electron chi connectivity index (χ1n) is 5.80. The summed E-state index contributed by atoms with van der Waals surface area (Å²) in [5, 5.41) is 4.26. The van der Waals surface area contributed by atoms with Crippen molar-refractivity contribution < 1.29 is 4.79 Å². The van der Waals surface area contributed by atoms with Gasteiger partial charge in [-0.05, 0) is 36.8 Å². The highest BCUT2D eigenvalue weighted by atomic mass is 35.5. The summed E-state index contributed by atoms with van der Waals surface area (Å²) in [5.74, 6) is -0.00512. The normalized spacial score (nSPS) is 9.95. The van der Waals surface area contributed by atoms with Crippen molar-refractivity contribution in [1.82, 2.24) is 9.80 Å². The highest BCUT2D eigenvalue weighted by molar-refractivity contribution is 7.80. The molecule has 0 spiro atoms. The average Bonchev–Trinajstić information content (AvgIpc) is 2.34. The van der Waals surface area contributed by atoms with Crippen LogP contribution in [0.4, 0.5) is 5.69 Å². The minimum atomic E-state index is -0.00512. The van der Waals surface area contributed by atoms with Gasteiger partial charge in [0.25, 0.3) is 0 Å². The smallest absolute Gasteiger partial charge is 0.241 e. The molecular formula is C13H18ClN3OS. The number of carbonyl (C=O) groups is 1. The Morgan fingerprint density at radius 3 is 2.58 bits per heavy atom. The molecule has 0 bridgehead atoms. The lowest BCUT2D eigenvalue weighted by atomic mass is 10.2. The molecule has 104 valence electrons. The van der Waals surface area contributed by atoms with Crippen LogP contribution in [0.25, 0.3) is 0 Å². The lowest BCUT2D eigenvalue weighted by Crippen LogP contribution is -2.39. The number of hydrogen-bond acceptors (Lipinski definition) is 2. The number of likely N-dealkylation sites (N-methyl/N-ethyl adjacent to an activating group) is 2. The minimum absolute atomic E-state index is 0.00512. The topological polar surface area (TPSA) is 35.6 Å². The fourth-order valence-corrected chi connectivity index (χ4v) is 1.72. The number of anilines is 1. The predicted molar refractivity (Wildman–Crippen MR) is 83.7 cm³/mol. The number of amides is 1. The molecule has 1 amide bonds. The van der Waals surface area contributed by atoms with Crippen LogP contribution in [-0.4, -0.2) is 48.5 Å². The van der Waals surface area contributed by atoms with Crippen molar-refractivity contribution in [1.29, 1.82) is 0 Å². The van der Waals surface area contributed by atoms with E-state index < -0.39 is 0 Å². The van der Waals surface area contributed by atoms with E-state index in [1.165, 1.54) is 4.90 Å². The summed E-state index contributed by atoms with van der Waals surface area (Å²) in [4.78, 5) is 14.8. The van der Waals surface area contributed by atoms with E-state index in [1.54, 1.807) is 26.0 Å². The van der Waals surface area contributed by atoms with Crippen LogP contribution in [0.3, 0.4) is 0 Å². The van der Waals surface area contributed by atoms with Gasteiger partial charge in [0.05, 0.1) is 6.54 Å². The third kappa shape index (κ3) is 4.36. The van der Waals surface area contributed by atoms with E-state index in [4.69, 9.17) is 23.8 Å². The third-order valence-corrected chi connectivity index (χ3v) is 3.55. The summed E-state index contributed by atoms with van der Waals surface area (Å²) in [6.07, 6.45) is 0. The summed E-state index contributed by atoms with van der Waals surface area (Å²) in [6.45, 7) is 2.15. The number of thiocarbonyl (C=S) groups is 1. The van der Waals surface area contributed by atoms with Crippen LogP contribution in [0.2, 0.25) is 5.02 Å². The zero-order valence-corrected chi connectivity index (χ0v) is 13.1. The van der Waals surface area contributed by atoms with E-state index in [-0.39, 0.29) is 12.5 Å². The molecule has 0 saturated carbocycles. The largest absolute Gasteiger partial charge is 0.347 e. The maximum Gasteiger partial charge on any atom is 0.241 e. The fourth-order valence-electron chi connectivity index (χ4n) is 1.37. The van der Waals surface area contributed by atoms with Crippen molar-refractivity contribution in [3.63, 3.8) is 0 Å². The van der Waals surface area contributed by atoms with Crippen LogP contribution in [-0.2, 0) is 4.79 Å². The Bertz CT molecular complexity index is 491. The van der Waals surface area contributed by atoms with E-state index in [0.29, 0.717) is 10.1 Å². The molecule has 0 atom stereocenters. The zero-order valence-electron chi connectivity index (χ0n) is 11.5. The van der Waals surface area contributed by atoms with E-state index in [2.05, 4.69) is 5.32 Å². The molecule has 6 heteroatoms. The van der Waals surface area contributed by atoms with Gasteiger partial charge in [0.2, 0.25) is 5.91 Å². The van der Waals surface area contributed by atoms with Gasteiger partial charge in [-0.3, -0.25) is 4.79 Å². The summed E-state index contributed by atoms with van der Waals surface area (Å²) in [6, 6.07) is 5.57. The van der Waals surface area contributed by atoms with Gasteiger partial charge in [-0.15, -0.1) is 0 Å². The number of carbonyl (C=O) groups excluding carboxylic acids is 1. The van der Waals surface area contributed by atoms with Gasteiger partial charge < -0.3 is 15.1 Å². The first-order chi connectivity index (χ1) is 8.82. The van der Waals surface area contributed by atoms with Gasteiger partial charge in [-0.2, -0.15) is 0 Å². The Morgan fingerprint density at radius 1 is 1.37 bits per heavy atom. The molecule has 1 aromatic rings. The number of nitrogens with one attached hydrogen (secondary N) is 1. The Morgan fingerprint density at radius 2 is 2.00 bits per heavy atom. The van der Waals surface area contributed by atoms with Crippen LogP contribution >= 0.6 is 23.8 Å². The van der Waals surface area contributed by atoms with Crippen molar-refractivity contribution in [3.05, 3.63) is 28.8 Å². The number of halogens is 1. The molecule has 0 aliphatic rings. The van der Waals surface area contributed by atoms with Gasteiger partial charge >= 0.3 is 0 Å². The number of rotatable bonds is 3. The molecule has 0 saturated heterocycles. The van der Waals surface area contributed by atoms with Crippen molar-refractivity contribution in [2.75, 3.05) is 33.0 Å². The Balaban J connectivity index is 2.69. The fraction of sp³-hybridized carbons (Fsp3) is 0.385. The van der Waals surface area contributed by atoms with Crippen LogP contribution < -0.4 is 5.32 Å². The van der Waals surface area contributed by atoms with Gasteiger partial charge in [0, 0.05) is 31.9 Å². The molecule has 19 heavy (non-hydrogen) atoms. The number of hydrogen-bond donors (Lipinski definition) is 1. The lowest BCUT2D eigenvalue weighted by Gasteiger charge is -2.23. The van der Waals surface area contributed by atoms with Crippen molar-refractivity contribution in [2.24, 2.45) is 0 Å². The van der Waals surface area contributed by atoms with Crippen molar-refractivity contribution >= 4 is 40.5 Å². The molecule has 0 aliphatic heterocycles. The van der Waals surface area contributed by atoms with Gasteiger partial charge in [0.1, 0.15) is 0 Å². The second-order valence-corrected chi connectivity index (χ2v) is 5.28. The Labute approximate surface area is 124 Å². The highest BCUT2D eigenvalue weighted by Crippen LogP contribution is 2.23. The SMILES string of the molecule is Cc1c(Cl)cccc1NC(=S)N(C)CC(=O)N(C)C. The van der Waals surface area contributed by atoms with E-state index >= 15 is 0 Å². The first-order valence-corrected chi connectivity index (χ1v) is 6.59. The standard InChI is InChI=1S/C13H18ClN3OS/c1-9-10(14)6-5-7-11(9)15-13(19)17(4)8-12(18)16(2)3/h5-7H,8H2,1-4H3,(H,15,19). The maximum atomic E-state index is 11.6. The van der Waals surface area contributed by atoms with Crippen molar-refractivity contribution in [3.8, 4) is 0 Å². The van der Waals surface area contributed by atoms with Crippen LogP contribution in [0, 0.1) is 6.92 Å². The molecule has 0 radical (unpaired) electrons. The molecule has 0 aliphatic carbocycles. The minimum Gasteiger partial charge on any atom is -0.347 e. The lowest BCUT2D eigenvalue weighted by molar-refractivity contribution is -0.128. The van der Waals surface area contributed by atoms with E-state index in [0.717, 1.165) is 11.3 Å². The highest BCUT2D eigenvalue weighted by Gasteiger charge is 2.12. The Kier molecular flexibility index (Phi) is 5.57. The number of nitrogens with zero attached hydrogens (tertiary/aromatic N) is 2. The maximum absolute atomic E-state index is 11.6. The predicted octanol–water partition coefficient (Wildman–Crippen LogP) is 2.37. The molecule has 0 aromatic heterocycles. The van der Waals surface area contributed by atoms with Crippen LogP contribution in [0.15, 0.2) is 18.2 Å². The van der Waals surface area contributed by atoms with E-state index in [9.17, 15) is 4.79 Å². The van der Waals surface area contributed by atoms with Crippen LogP contribution in [0.1, 0.15) is 5.56 Å². The zero-order chi connectivity index (χ0) is 14.6. The van der Waals surface area contributed by atoms with Gasteiger partial charge in [-0.1, -0.05) is 17.7 Å². The molecule has 4 nitrogen and oxygen atoms in total. The van der Waals surface area contributed by atoms with Crippen LogP contribution in [0.5, 0.6) is 0 Å². The molecule has 1 rings (SSSR count). The van der Waals surface area contributed by atoms with Gasteiger partial charge in [-0.25, -0.2) is 0 Å². The second kappa shape index (κ2) is 6.73. The number of benzene rings is 1. The monoisotopic (exact) mass is 299 g/mol. The molecule has 0 heterocycles. The summed E-state index contributed by atoms with van der Waals surface area (Å²) < 4.78 is 0. The Hall–Kier alpha value is -1.33. The van der Waals surface area contributed by atoms with E-state index in [1.807, 2.05) is 25.1 Å². The molecule has 1 aromatic carbocycles. The average molecular weight is 300 g/mol. The quantitative estimate of drug-likeness (QED) is 0.869. The first kappa shape index (κ1) is 15.7. The molecule has 0 fully saturated rings. The van der Waals surface area contributed by atoms with Crippen molar-refractivity contribution in [2.45, 2.75) is 6.92 Å². The third-order valence-electron chi connectivity index (χ3n) is 2.73. The summed E-state index contributed by atoms with van der Waals surface area (Å²) in [7, 11) is 5.21. The molecule has 0 unspecified atom stereocenters.